The third-order valence-electron chi connectivity index (χ3n) is 4.53. The third kappa shape index (κ3) is 3.83. The minimum atomic E-state index is -5.00. The molecule has 0 amide bonds. The molecule has 0 aliphatic heterocycles. The minimum absolute atomic E-state index is 0. The molecule has 2 aromatic carbocycles. The average Bonchev–Trinajstić information content (AvgIpc) is 2.70. The van der Waals surface area contributed by atoms with Crippen molar-refractivity contribution < 1.29 is 28.6 Å². The summed E-state index contributed by atoms with van der Waals surface area (Å²) in [5.74, 6) is -0.864. The molecule has 0 radical (unpaired) electrons. The van der Waals surface area contributed by atoms with Gasteiger partial charge in [-0.05, 0) is 29.8 Å². The first kappa shape index (κ1) is 21.7. The molecule has 0 saturated carbocycles. The van der Waals surface area contributed by atoms with Gasteiger partial charge in [-0.2, -0.15) is 18.4 Å². The smallest absolute Gasteiger partial charge is 0.411 e. The van der Waals surface area contributed by atoms with Crippen LogP contribution >= 0.6 is 0 Å². The van der Waals surface area contributed by atoms with Crippen LogP contribution in [0.15, 0.2) is 60.8 Å². The number of nitrogens with zero attached hydrogens (tertiary/aromatic N) is 2. The van der Waals surface area contributed by atoms with Crippen LogP contribution in [-0.4, -0.2) is 22.4 Å². The summed E-state index contributed by atoms with van der Waals surface area (Å²) < 4.78 is 42.4. The van der Waals surface area contributed by atoms with Gasteiger partial charge in [0.25, 0.3) is 5.69 Å². The summed E-state index contributed by atoms with van der Waals surface area (Å²) in [6, 6.07) is 13.4. The van der Waals surface area contributed by atoms with E-state index in [4.69, 9.17) is 0 Å². The second-order valence-electron chi connectivity index (χ2n) is 6.17. The fourth-order valence-corrected chi connectivity index (χ4v) is 3.05. The van der Waals surface area contributed by atoms with Gasteiger partial charge in [0.1, 0.15) is 0 Å². The summed E-state index contributed by atoms with van der Waals surface area (Å²) >= 11 is 0. The number of Topliss-reactive ketones (excluding diaryl/α,β-unsaturated/α-hetero) is 1. The van der Waals surface area contributed by atoms with Gasteiger partial charge >= 0.3 is 6.18 Å². The Hall–Kier alpha value is -3.64. The number of hydrogen-bond acceptors (Lipinski definition) is 5. The second kappa shape index (κ2) is 8.16. The van der Waals surface area contributed by atoms with Gasteiger partial charge in [-0.15, -0.1) is 0 Å². The standard InChI is InChI=1S/C20H12F3N3O2.H2O/c21-20(22,23)19(12-24,11-18(27)13-6-8-14(26-28)9-7-13)16-4-1-5-17-15(16)3-2-10-25-17;/h1-10H,11H2;1H2. The van der Waals surface area contributed by atoms with E-state index < -0.39 is 23.8 Å². The predicted molar refractivity (Wildman–Crippen MR) is 96.4 cm³/mol. The molecule has 0 fully saturated rings. The van der Waals surface area contributed by atoms with Crippen molar-refractivity contribution >= 4 is 22.4 Å². The zero-order chi connectivity index (χ0) is 20.4. The van der Waals surface area contributed by atoms with Crippen molar-refractivity contribution in [3.05, 3.63) is 76.8 Å². The molecule has 0 aliphatic carbocycles. The summed E-state index contributed by atoms with van der Waals surface area (Å²) in [5.41, 5.74) is -2.93. The fraction of sp³-hybridized carbons (Fsp3) is 0.150. The summed E-state index contributed by atoms with van der Waals surface area (Å²) in [7, 11) is 0. The molecule has 1 heterocycles. The Morgan fingerprint density at radius 2 is 1.76 bits per heavy atom. The molecular weight excluding hydrogens is 387 g/mol. The number of nitrogens with one attached hydrogen (secondary N) is 1. The highest BCUT2D eigenvalue weighted by Gasteiger charge is 2.58. The van der Waals surface area contributed by atoms with E-state index in [1.54, 1.807) is 5.18 Å². The maximum atomic E-state index is 14.1. The number of nitroso groups, excluding NO2 is 1. The highest BCUT2D eigenvalue weighted by molar-refractivity contribution is 5.98. The zero-order valence-corrected chi connectivity index (χ0v) is 14.8. The van der Waals surface area contributed by atoms with E-state index in [0.717, 1.165) is 0 Å². The van der Waals surface area contributed by atoms with E-state index in [0.29, 0.717) is 5.52 Å². The van der Waals surface area contributed by atoms with Gasteiger partial charge in [0.15, 0.2) is 11.2 Å². The number of carbonyl (C=O) groups is 1. The molecule has 2 N–H and O–H groups in total. The van der Waals surface area contributed by atoms with E-state index >= 15 is 0 Å². The van der Waals surface area contributed by atoms with Crippen LogP contribution in [0.1, 0.15) is 22.3 Å². The number of alkyl halides is 3. The lowest BCUT2D eigenvalue weighted by Crippen LogP contribution is -2.55. The number of fused-ring (bicyclic) bond motifs is 1. The van der Waals surface area contributed by atoms with Crippen LogP contribution in [0.25, 0.3) is 10.9 Å². The maximum Gasteiger partial charge on any atom is 0.411 e. The number of pyridine rings is 1. The molecule has 1 unspecified atom stereocenters. The molecule has 0 bridgehead atoms. The topological polar surface area (TPSA) is 115 Å². The molecule has 0 aliphatic rings. The van der Waals surface area contributed by atoms with Gasteiger partial charge in [0, 0.05) is 45.8 Å². The van der Waals surface area contributed by atoms with Crippen LogP contribution in [0.2, 0.25) is 0 Å². The molecule has 1 atom stereocenters. The predicted octanol–water partition coefficient (Wildman–Crippen LogP) is 3.13. The summed E-state index contributed by atoms with van der Waals surface area (Å²) in [5, 5.41) is 11.4. The summed E-state index contributed by atoms with van der Waals surface area (Å²) in [4.78, 5) is 27.2. The van der Waals surface area contributed by atoms with Crippen LogP contribution in [0, 0.1) is 16.2 Å². The molecule has 3 aromatic rings. The third-order valence-corrected chi connectivity index (χ3v) is 4.53. The quantitative estimate of drug-likeness (QED) is 0.660. The van der Waals surface area contributed by atoms with Crippen molar-refractivity contribution in [1.82, 2.24) is 4.98 Å². The van der Waals surface area contributed by atoms with Gasteiger partial charge in [0.05, 0.1) is 11.6 Å². The SMILES string of the molecule is N#CC(CC(=O)c1ccc([NH+]=O)cc1)(c1cccc2ncccc12)C(F)(F)F.[OH-]. The fourth-order valence-electron chi connectivity index (χ4n) is 3.05. The summed E-state index contributed by atoms with van der Waals surface area (Å²) in [6.07, 6.45) is -4.66. The Morgan fingerprint density at radius 1 is 1.07 bits per heavy atom. The minimum Gasteiger partial charge on any atom is -0.870 e. The van der Waals surface area contributed by atoms with Crippen molar-refractivity contribution in [2.45, 2.75) is 18.0 Å². The first-order valence-corrected chi connectivity index (χ1v) is 8.16. The van der Waals surface area contributed by atoms with E-state index in [9.17, 15) is 28.1 Å². The van der Waals surface area contributed by atoms with Crippen LogP contribution in [0.5, 0.6) is 0 Å². The van der Waals surface area contributed by atoms with E-state index in [1.807, 2.05) is 0 Å². The van der Waals surface area contributed by atoms with E-state index in [-0.39, 0.29) is 27.7 Å². The molecule has 29 heavy (non-hydrogen) atoms. The first-order valence-electron chi connectivity index (χ1n) is 8.16. The van der Waals surface area contributed by atoms with Crippen molar-refractivity contribution in [3.8, 4) is 6.07 Å². The summed E-state index contributed by atoms with van der Waals surface area (Å²) in [6.45, 7) is 0. The Bertz CT molecular complexity index is 1090. The lowest BCUT2D eigenvalue weighted by atomic mass is 9.74. The van der Waals surface area contributed by atoms with Crippen molar-refractivity contribution in [3.63, 3.8) is 0 Å². The largest absolute Gasteiger partial charge is 0.870 e. The molecule has 9 heteroatoms. The number of rotatable bonds is 5. The number of hydrogen-bond donors (Lipinski definition) is 1. The molecule has 3 rings (SSSR count). The van der Waals surface area contributed by atoms with Crippen molar-refractivity contribution in [2.75, 3.05) is 0 Å². The number of carbonyl (C=O) groups excluding carboxylic acids is 1. The highest BCUT2D eigenvalue weighted by Crippen LogP contribution is 2.46. The normalized spacial score (nSPS) is 13.0. The Kier molecular flexibility index (Phi) is 6.09. The second-order valence-corrected chi connectivity index (χ2v) is 6.17. The van der Waals surface area contributed by atoms with Gasteiger partial charge in [-0.1, -0.05) is 18.2 Å². The zero-order valence-electron chi connectivity index (χ0n) is 14.8. The molecule has 0 saturated heterocycles. The van der Waals surface area contributed by atoms with Gasteiger partial charge in [-0.25, -0.2) is 0 Å². The number of benzene rings is 2. The van der Waals surface area contributed by atoms with Crippen LogP contribution < -0.4 is 5.18 Å². The Balaban J connectivity index is 0.00000300. The number of nitriles is 1. The van der Waals surface area contributed by atoms with Gasteiger partial charge < -0.3 is 5.48 Å². The first-order chi connectivity index (χ1) is 13.3. The highest BCUT2D eigenvalue weighted by atomic mass is 19.4. The average molecular weight is 401 g/mol. The maximum absolute atomic E-state index is 14.1. The Labute approximate surface area is 162 Å². The van der Waals surface area contributed by atoms with Crippen molar-refractivity contribution in [1.29, 1.82) is 5.26 Å². The number of ketones is 1. The van der Waals surface area contributed by atoms with Crippen LogP contribution in [0.3, 0.4) is 0 Å². The van der Waals surface area contributed by atoms with E-state index in [2.05, 4.69) is 4.98 Å². The van der Waals surface area contributed by atoms with Crippen LogP contribution in [-0.2, 0) is 5.41 Å². The van der Waals surface area contributed by atoms with Gasteiger partial charge in [0.2, 0.25) is 0 Å². The molecule has 1 aromatic heterocycles. The molecule has 148 valence electrons. The van der Waals surface area contributed by atoms with E-state index in [1.165, 1.54) is 66.9 Å². The monoisotopic (exact) mass is 401 g/mol. The Morgan fingerprint density at radius 3 is 2.34 bits per heavy atom. The number of aromatic nitrogens is 1. The molecule has 0 spiro atoms. The van der Waals surface area contributed by atoms with Crippen LogP contribution in [0.4, 0.5) is 18.9 Å². The van der Waals surface area contributed by atoms with Crippen molar-refractivity contribution in [2.24, 2.45) is 0 Å². The lowest BCUT2D eigenvalue weighted by molar-refractivity contribution is -0.379. The van der Waals surface area contributed by atoms with Gasteiger partial charge in [-0.3, -0.25) is 9.78 Å². The lowest BCUT2D eigenvalue weighted by Gasteiger charge is -2.30. The molecule has 6 nitrogen and oxygen atoms in total. The number of halogens is 3. The molecular formula is C20H14F3N3O3.